The third kappa shape index (κ3) is 2.95. The summed E-state index contributed by atoms with van der Waals surface area (Å²) in [6.07, 6.45) is 12.4. The molecule has 1 saturated carbocycles. The molecule has 1 aliphatic carbocycles. The maximum atomic E-state index is 12.8. The van der Waals surface area contributed by atoms with E-state index in [4.69, 9.17) is 0 Å². The van der Waals surface area contributed by atoms with E-state index < -0.39 is 0 Å². The van der Waals surface area contributed by atoms with Crippen molar-refractivity contribution in [1.82, 2.24) is 4.98 Å². The number of aromatic amines is 1. The predicted octanol–water partition coefficient (Wildman–Crippen LogP) is 5.89. The van der Waals surface area contributed by atoms with Crippen LogP contribution in [0.25, 0.3) is 17.0 Å². The van der Waals surface area contributed by atoms with Crippen LogP contribution in [-0.2, 0) is 0 Å². The predicted molar refractivity (Wildman–Crippen MR) is 115 cm³/mol. The lowest BCUT2D eigenvalue weighted by atomic mass is 9.83. The van der Waals surface area contributed by atoms with Crippen molar-refractivity contribution < 1.29 is 4.79 Å². The first-order valence-electron chi connectivity index (χ1n) is 10.1. The number of Topliss-reactive ketones (excluding diaryl/α,β-unsaturated/α-hetero) is 1. The molecule has 0 atom stereocenters. The van der Waals surface area contributed by atoms with E-state index in [-0.39, 0.29) is 5.78 Å². The van der Waals surface area contributed by atoms with Crippen LogP contribution in [0.2, 0.25) is 0 Å². The molecule has 1 aliphatic heterocycles. The Morgan fingerprint density at radius 3 is 2.61 bits per heavy atom. The summed E-state index contributed by atoms with van der Waals surface area (Å²) in [5.41, 5.74) is 8.83. The maximum absolute atomic E-state index is 12.8. The number of allylic oxidation sites excluding steroid dienone is 1. The molecule has 5 rings (SSSR count). The van der Waals surface area contributed by atoms with Crippen LogP contribution in [0.5, 0.6) is 0 Å². The molecular formula is C24H23N3O. The Balaban J connectivity index is 1.55. The highest BCUT2D eigenvalue weighted by Gasteiger charge is 2.22. The van der Waals surface area contributed by atoms with Crippen molar-refractivity contribution in [3.05, 3.63) is 71.4 Å². The Labute approximate surface area is 164 Å². The molecule has 0 saturated heterocycles. The molecule has 4 nitrogen and oxygen atoms in total. The summed E-state index contributed by atoms with van der Waals surface area (Å²) in [4.78, 5) is 16.2. The fraction of sp³-hybridized carbons (Fsp3) is 0.250. The molecule has 3 aromatic rings. The van der Waals surface area contributed by atoms with Crippen LogP contribution in [0.3, 0.4) is 0 Å². The van der Waals surface area contributed by atoms with Gasteiger partial charge in [0.15, 0.2) is 0 Å². The van der Waals surface area contributed by atoms with Gasteiger partial charge in [0.05, 0.1) is 5.69 Å². The van der Waals surface area contributed by atoms with Gasteiger partial charge in [-0.05, 0) is 36.5 Å². The number of hydrogen-bond acceptors (Lipinski definition) is 3. The number of H-pyrrole nitrogens is 1. The van der Waals surface area contributed by atoms with Crippen LogP contribution in [0.1, 0.15) is 59.5 Å². The standard InChI is InChI=1S/C24H23N3O/c28-24(18-9-5-2-6-10-18)21-14-12-17-11-13-20-22(23(17)27-26-21)19(15-25-20)16-7-3-1-4-8-16/h2,5-6,9-16,25,27H,1,3-4,7-8H2. The molecule has 0 spiro atoms. The second-order valence-corrected chi connectivity index (χ2v) is 7.67. The summed E-state index contributed by atoms with van der Waals surface area (Å²) in [7, 11) is 0. The Hall–Kier alpha value is -3.14. The number of benzene rings is 2. The van der Waals surface area contributed by atoms with Crippen LogP contribution in [-0.4, -0.2) is 16.5 Å². The lowest BCUT2D eigenvalue weighted by Gasteiger charge is -2.22. The molecule has 140 valence electrons. The van der Waals surface area contributed by atoms with Gasteiger partial charge in [-0.2, -0.15) is 5.10 Å². The van der Waals surface area contributed by atoms with Crippen LogP contribution >= 0.6 is 0 Å². The van der Waals surface area contributed by atoms with Crippen molar-refractivity contribution in [2.45, 2.75) is 38.0 Å². The molecule has 0 bridgehead atoms. The van der Waals surface area contributed by atoms with E-state index in [1.54, 1.807) is 0 Å². The molecule has 1 aromatic heterocycles. The van der Waals surface area contributed by atoms with Gasteiger partial charge in [0.25, 0.3) is 0 Å². The van der Waals surface area contributed by atoms with Gasteiger partial charge in [-0.15, -0.1) is 0 Å². The molecule has 2 aliphatic rings. The highest BCUT2D eigenvalue weighted by atomic mass is 16.1. The van der Waals surface area contributed by atoms with Gasteiger partial charge in [-0.25, -0.2) is 0 Å². The van der Waals surface area contributed by atoms with Gasteiger partial charge in [0.2, 0.25) is 5.78 Å². The normalized spacial score (nSPS) is 16.9. The monoisotopic (exact) mass is 369 g/mol. The smallest absolute Gasteiger partial charge is 0.213 e. The molecule has 4 heteroatoms. The molecule has 0 amide bonds. The number of nitrogens with one attached hydrogen (secondary N) is 2. The lowest BCUT2D eigenvalue weighted by molar-refractivity contribution is 0.106. The fourth-order valence-corrected chi connectivity index (χ4v) is 4.45. The fourth-order valence-electron chi connectivity index (χ4n) is 4.45. The summed E-state index contributed by atoms with van der Waals surface area (Å²) < 4.78 is 0. The third-order valence-electron chi connectivity index (χ3n) is 5.93. The summed E-state index contributed by atoms with van der Waals surface area (Å²) in [5.74, 6) is 0.521. The number of nitrogens with zero attached hydrogens (tertiary/aromatic N) is 1. The number of hydrogen-bond donors (Lipinski definition) is 2. The van der Waals surface area contributed by atoms with E-state index >= 15 is 0 Å². The maximum Gasteiger partial charge on any atom is 0.213 e. The highest BCUT2D eigenvalue weighted by Crippen LogP contribution is 2.40. The van der Waals surface area contributed by atoms with Gasteiger partial charge in [0, 0.05) is 28.2 Å². The Kier molecular flexibility index (Phi) is 4.32. The molecule has 2 N–H and O–H groups in total. The number of hydrazone groups is 1. The number of rotatable bonds is 3. The highest BCUT2D eigenvalue weighted by molar-refractivity contribution is 6.50. The van der Waals surface area contributed by atoms with Crippen molar-refractivity contribution in [3.8, 4) is 0 Å². The first-order chi connectivity index (χ1) is 13.8. The molecule has 2 heterocycles. The van der Waals surface area contributed by atoms with Gasteiger partial charge >= 0.3 is 0 Å². The van der Waals surface area contributed by atoms with Crippen molar-refractivity contribution in [2.75, 3.05) is 5.43 Å². The number of anilines is 1. The van der Waals surface area contributed by atoms with E-state index in [1.807, 2.05) is 42.5 Å². The average Bonchev–Trinajstić information content (AvgIpc) is 3.08. The van der Waals surface area contributed by atoms with Crippen molar-refractivity contribution in [3.63, 3.8) is 0 Å². The van der Waals surface area contributed by atoms with E-state index in [9.17, 15) is 4.79 Å². The summed E-state index contributed by atoms with van der Waals surface area (Å²) in [6, 6.07) is 13.5. The number of carbonyl (C=O) groups excluding carboxylic acids is 1. The Bertz CT molecular complexity index is 1090. The van der Waals surface area contributed by atoms with Crippen molar-refractivity contribution in [2.24, 2.45) is 5.10 Å². The molecule has 0 unspecified atom stereocenters. The summed E-state index contributed by atoms with van der Waals surface area (Å²) in [6.45, 7) is 0. The van der Waals surface area contributed by atoms with Gasteiger partial charge < -0.3 is 4.98 Å². The van der Waals surface area contributed by atoms with E-state index in [0.29, 0.717) is 17.2 Å². The van der Waals surface area contributed by atoms with Crippen LogP contribution in [0.4, 0.5) is 5.69 Å². The zero-order valence-electron chi connectivity index (χ0n) is 15.7. The molecular weight excluding hydrogens is 346 g/mol. The lowest BCUT2D eigenvalue weighted by Crippen LogP contribution is -2.13. The van der Waals surface area contributed by atoms with Gasteiger partial charge in [-0.3, -0.25) is 10.2 Å². The Morgan fingerprint density at radius 2 is 1.79 bits per heavy atom. The van der Waals surface area contributed by atoms with Crippen molar-refractivity contribution >= 4 is 34.2 Å². The summed E-state index contributed by atoms with van der Waals surface area (Å²) >= 11 is 0. The molecule has 28 heavy (non-hydrogen) atoms. The van der Waals surface area contributed by atoms with Crippen LogP contribution < -0.4 is 5.43 Å². The minimum atomic E-state index is -0.0741. The topological polar surface area (TPSA) is 57.2 Å². The second kappa shape index (κ2) is 7.12. The first-order valence-corrected chi connectivity index (χ1v) is 10.1. The zero-order chi connectivity index (χ0) is 18.9. The minimum absolute atomic E-state index is 0.0741. The number of fused-ring (bicyclic) bond motifs is 3. The summed E-state index contributed by atoms with van der Waals surface area (Å²) in [5, 5.41) is 5.69. The SMILES string of the molecule is O=C(C1=NNc2c(ccc3[nH]cc(C4CCCCC4)c23)C=C1)c1ccccc1. The van der Waals surface area contributed by atoms with E-state index in [2.05, 4.69) is 33.8 Å². The van der Waals surface area contributed by atoms with Crippen molar-refractivity contribution in [1.29, 1.82) is 0 Å². The zero-order valence-corrected chi connectivity index (χ0v) is 15.7. The number of carbonyl (C=O) groups is 1. The molecule has 0 radical (unpaired) electrons. The quantitative estimate of drug-likeness (QED) is 0.565. The Morgan fingerprint density at radius 1 is 0.964 bits per heavy atom. The van der Waals surface area contributed by atoms with E-state index in [0.717, 1.165) is 16.8 Å². The number of ketones is 1. The second-order valence-electron chi connectivity index (χ2n) is 7.67. The largest absolute Gasteiger partial charge is 0.361 e. The van der Waals surface area contributed by atoms with Gasteiger partial charge in [-0.1, -0.05) is 61.7 Å². The first kappa shape index (κ1) is 17.0. The minimum Gasteiger partial charge on any atom is -0.361 e. The van der Waals surface area contributed by atoms with Crippen LogP contribution in [0.15, 0.2) is 59.8 Å². The molecule has 2 aromatic carbocycles. The van der Waals surface area contributed by atoms with Gasteiger partial charge in [0.1, 0.15) is 5.71 Å². The average molecular weight is 369 g/mol. The molecule has 1 fully saturated rings. The van der Waals surface area contributed by atoms with E-state index in [1.165, 1.54) is 43.1 Å². The van der Waals surface area contributed by atoms with Crippen LogP contribution in [0, 0.1) is 0 Å². The third-order valence-corrected chi connectivity index (χ3v) is 5.93. The number of aromatic nitrogens is 1.